The van der Waals surface area contributed by atoms with E-state index in [1.54, 1.807) is 6.07 Å². The summed E-state index contributed by atoms with van der Waals surface area (Å²) >= 11 is 0. The minimum atomic E-state index is -4.15. The number of alkyl halides is 5. The minimum Gasteiger partial charge on any atom is -0.255 e. The lowest BCUT2D eigenvalue weighted by molar-refractivity contribution is -0.135. The molecule has 0 N–H and O–H groups in total. The van der Waals surface area contributed by atoms with E-state index in [0.29, 0.717) is 12.8 Å². The summed E-state index contributed by atoms with van der Waals surface area (Å²) in [6, 6.07) is 4.29. The summed E-state index contributed by atoms with van der Waals surface area (Å²) in [6.07, 6.45) is -3.19. The van der Waals surface area contributed by atoms with Gasteiger partial charge in [0.2, 0.25) is 0 Å². The van der Waals surface area contributed by atoms with E-state index in [1.165, 1.54) is 18.3 Å². The van der Waals surface area contributed by atoms with Crippen molar-refractivity contribution in [2.24, 2.45) is 0 Å². The van der Waals surface area contributed by atoms with Crippen LogP contribution in [0.1, 0.15) is 44.2 Å². The lowest BCUT2D eigenvalue weighted by atomic mass is 10.0. The van der Waals surface area contributed by atoms with Crippen molar-refractivity contribution < 1.29 is 22.0 Å². The molecule has 0 aliphatic heterocycles. The molecule has 0 saturated carbocycles. The van der Waals surface area contributed by atoms with Crippen LogP contribution in [0.5, 0.6) is 0 Å². The normalized spacial score (nSPS) is 12.7. The molecule has 0 atom stereocenters. The van der Waals surface area contributed by atoms with Gasteiger partial charge >= 0.3 is 6.18 Å². The van der Waals surface area contributed by atoms with Crippen molar-refractivity contribution >= 4 is 0 Å². The van der Waals surface area contributed by atoms with Crippen molar-refractivity contribution in [2.75, 3.05) is 0 Å². The Labute approximate surface area is 108 Å². The fourth-order valence-electron chi connectivity index (χ4n) is 1.73. The van der Waals surface area contributed by atoms with Crippen LogP contribution in [0.15, 0.2) is 24.4 Å². The molecule has 0 aliphatic rings. The third-order valence-corrected chi connectivity index (χ3v) is 2.74. The van der Waals surface area contributed by atoms with Crippen molar-refractivity contribution in [3.8, 4) is 0 Å². The number of hydrogen-bond acceptors (Lipinski definition) is 1. The van der Waals surface area contributed by atoms with Crippen LogP contribution >= 0.6 is 0 Å². The van der Waals surface area contributed by atoms with Crippen molar-refractivity contribution in [1.29, 1.82) is 0 Å². The van der Waals surface area contributed by atoms with Crippen LogP contribution in [0, 0.1) is 0 Å². The van der Waals surface area contributed by atoms with Gasteiger partial charge in [0, 0.05) is 19.0 Å². The van der Waals surface area contributed by atoms with Crippen molar-refractivity contribution in [1.82, 2.24) is 4.98 Å². The highest BCUT2D eigenvalue weighted by atomic mass is 19.4. The molecule has 0 unspecified atom stereocenters. The summed E-state index contributed by atoms with van der Waals surface area (Å²) in [5.74, 6) is -3.01. The van der Waals surface area contributed by atoms with E-state index in [0.717, 1.165) is 0 Å². The van der Waals surface area contributed by atoms with Gasteiger partial charge in [-0.05, 0) is 25.0 Å². The fraction of sp³-hybridized carbons (Fsp3) is 0.615. The topological polar surface area (TPSA) is 12.9 Å². The SMILES string of the molecule is FC(F)(F)CCCCCCC(F)(F)c1ccccn1. The first-order valence-corrected chi connectivity index (χ1v) is 6.17. The summed E-state index contributed by atoms with van der Waals surface area (Å²) in [7, 11) is 0. The second kappa shape index (κ2) is 6.82. The van der Waals surface area contributed by atoms with Gasteiger partial charge in [0.25, 0.3) is 5.92 Å². The molecule has 0 aromatic carbocycles. The maximum atomic E-state index is 13.6. The third-order valence-electron chi connectivity index (χ3n) is 2.74. The molecular formula is C13H16F5N. The summed E-state index contributed by atoms with van der Waals surface area (Å²) in [6.45, 7) is 0. The zero-order valence-electron chi connectivity index (χ0n) is 10.4. The lowest BCUT2D eigenvalue weighted by Crippen LogP contribution is -2.14. The molecule has 108 valence electrons. The summed E-state index contributed by atoms with van der Waals surface area (Å²) < 4.78 is 62.8. The van der Waals surface area contributed by atoms with Gasteiger partial charge in [0.1, 0.15) is 5.69 Å². The van der Waals surface area contributed by atoms with Crippen molar-refractivity contribution in [2.45, 2.75) is 50.6 Å². The molecule has 0 aliphatic carbocycles. The van der Waals surface area contributed by atoms with Crippen LogP contribution in [0.2, 0.25) is 0 Å². The highest BCUT2D eigenvalue weighted by Gasteiger charge is 2.32. The first kappa shape index (κ1) is 15.9. The summed E-state index contributed by atoms with van der Waals surface area (Å²) in [5, 5.41) is 0. The number of rotatable bonds is 7. The van der Waals surface area contributed by atoms with E-state index in [1.807, 2.05) is 0 Å². The van der Waals surface area contributed by atoms with Gasteiger partial charge in [-0.25, -0.2) is 0 Å². The predicted molar refractivity (Wildman–Crippen MR) is 61.9 cm³/mol. The molecule has 0 bridgehead atoms. The molecule has 1 aromatic rings. The van der Waals surface area contributed by atoms with E-state index in [9.17, 15) is 22.0 Å². The fourth-order valence-corrected chi connectivity index (χ4v) is 1.73. The Morgan fingerprint density at radius 1 is 0.842 bits per heavy atom. The van der Waals surface area contributed by atoms with Gasteiger partial charge in [-0.15, -0.1) is 0 Å². The maximum Gasteiger partial charge on any atom is 0.389 e. The Bertz CT molecular complexity index is 361. The average Bonchev–Trinajstić information content (AvgIpc) is 2.33. The predicted octanol–water partition coefficient (Wildman–Crippen LogP) is 5.08. The molecule has 0 amide bonds. The Hall–Kier alpha value is -1.20. The van der Waals surface area contributed by atoms with E-state index in [-0.39, 0.29) is 25.0 Å². The number of nitrogens with zero attached hydrogens (tertiary/aromatic N) is 1. The highest BCUT2D eigenvalue weighted by molar-refractivity contribution is 5.09. The van der Waals surface area contributed by atoms with E-state index in [2.05, 4.69) is 4.98 Å². The van der Waals surface area contributed by atoms with Crippen LogP contribution < -0.4 is 0 Å². The van der Waals surface area contributed by atoms with Gasteiger partial charge in [0.05, 0.1) is 0 Å². The number of aromatic nitrogens is 1. The number of pyridine rings is 1. The quantitative estimate of drug-likeness (QED) is 0.502. The minimum absolute atomic E-state index is 0.00133. The standard InChI is InChI=1S/C13H16F5N/c14-12(15,11-7-3-6-10-19-11)8-4-1-2-5-9-13(16,17)18/h3,6-7,10H,1-2,4-5,8-9H2. The van der Waals surface area contributed by atoms with Gasteiger partial charge in [0.15, 0.2) is 0 Å². The van der Waals surface area contributed by atoms with E-state index < -0.39 is 18.5 Å². The lowest BCUT2D eigenvalue weighted by Gasteiger charge is -2.15. The van der Waals surface area contributed by atoms with Crippen LogP contribution in [-0.4, -0.2) is 11.2 Å². The van der Waals surface area contributed by atoms with Gasteiger partial charge in [-0.1, -0.05) is 18.9 Å². The van der Waals surface area contributed by atoms with Crippen LogP contribution in [0.3, 0.4) is 0 Å². The van der Waals surface area contributed by atoms with E-state index in [4.69, 9.17) is 0 Å². The summed E-state index contributed by atoms with van der Waals surface area (Å²) in [4.78, 5) is 3.60. The van der Waals surface area contributed by atoms with Crippen LogP contribution in [0.4, 0.5) is 22.0 Å². The van der Waals surface area contributed by atoms with Crippen molar-refractivity contribution in [3.63, 3.8) is 0 Å². The summed E-state index contributed by atoms with van der Waals surface area (Å²) in [5.41, 5.74) is -0.287. The maximum absolute atomic E-state index is 13.6. The first-order valence-electron chi connectivity index (χ1n) is 6.17. The van der Waals surface area contributed by atoms with Crippen LogP contribution in [0.25, 0.3) is 0 Å². The van der Waals surface area contributed by atoms with E-state index >= 15 is 0 Å². The highest BCUT2D eigenvalue weighted by Crippen LogP contribution is 2.32. The molecule has 1 rings (SSSR count). The molecule has 0 radical (unpaired) electrons. The Morgan fingerprint density at radius 2 is 1.47 bits per heavy atom. The zero-order valence-corrected chi connectivity index (χ0v) is 10.4. The monoisotopic (exact) mass is 281 g/mol. The molecule has 0 spiro atoms. The van der Waals surface area contributed by atoms with Crippen LogP contribution in [-0.2, 0) is 5.92 Å². The molecule has 1 heterocycles. The van der Waals surface area contributed by atoms with Crippen molar-refractivity contribution in [3.05, 3.63) is 30.1 Å². The van der Waals surface area contributed by atoms with Gasteiger partial charge in [-0.2, -0.15) is 22.0 Å². The van der Waals surface area contributed by atoms with Gasteiger partial charge in [-0.3, -0.25) is 4.98 Å². The molecule has 0 fully saturated rings. The largest absolute Gasteiger partial charge is 0.389 e. The Kier molecular flexibility index (Phi) is 5.69. The molecule has 0 saturated heterocycles. The number of hydrogen-bond donors (Lipinski definition) is 0. The molecule has 6 heteroatoms. The molecule has 19 heavy (non-hydrogen) atoms. The first-order chi connectivity index (χ1) is 8.81. The molecule has 1 aromatic heterocycles. The third kappa shape index (κ3) is 6.50. The second-order valence-electron chi connectivity index (χ2n) is 4.45. The average molecular weight is 281 g/mol. The Balaban J connectivity index is 2.22. The second-order valence-corrected chi connectivity index (χ2v) is 4.45. The molecular weight excluding hydrogens is 265 g/mol. The number of halogens is 5. The smallest absolute Gasteiger partial charge is 0.255 e. The zero-order chi connectivity index (χ0) is 14.4. The Morgan fingerprint density at radius 3 is 2.00 bits per heavy atom. The number of unbranched alkanes of at least 4 members (excludes halogenated alkanes) is 3. The van der Waals surface area contributed by atoms with Gasteiger partial charge < -0.3 is 0 Å². The molecule has 1 nitrogen and oxygen atoms in total.